The third kappa shape index (κ3) is 2.95. The van der Waals surface area contributed by atoms with Crippen LogP contribution in [0.4, 0.5) is 5.82 Å². The molecule has 0 amide bonds. The molecule has 0 aliphatic heterocycles. The number of anilines is 1. The highest BCUT2D eigenvalue weighted by molar-refractivity contribution is 5.44. The minimum absolute atomic E-state index is 0.0220. The van der Waals surface area contributed by atoms with Crippen molar-refractivity contribution in [3.05, 3.63) is 23.9 Å². The molecule has 2 N–H and O–H groups in total. The molecule has 17 heavy (non-hydrogen) atoms. The van der Waals surface area contributed by atoms with Gasteiger partial charge >= 0.3 is 0 Å². The van der Waals surface area contributed by atoms with Crippen LogP contribution in [0.3, 0.4) is 0 Å². The van der Waals surface area contributed by atoms with E-state index in [9.17, 15) is 0 Å². The van der Waals surface area contributed by atoms with E-state index in [4.69, 9.17) is 11.0 Å². The molecule has 1 aliphatic carbocycles. The highest BCUT2D eigenvalue weighted by Crippen LogP contribution is 2.31. The quantitative estimate of drug-likeness (QED) is 0.840. The van der Waals surface area contributed by atoms with Gasteiger partial charge in [0.05, 0.1) is 12.5 Å². The Kier molecular flexibility index (Phi) is 3.60. The van der Waals surface area contributed by atoms with Gasteiger partial charge in [-0.15, -0.1) is 0 Å². The Bertz CT molecular complexity index is 418. The summed E-state index contributed by atoms with van der Waals surface area (Å²) >= 11 is 0. The van der Waals surface area contributed by atoms with E-state index in [1.54, 1.807) is 6.20 Å². The molecule has 0 unspecified atom stereocenters. The summed E-state index contributed by atoms with van der Waals surface area (Å²) in [6, 6.07) is 6.77. The van der Waals surface area contributed by atoms with Crippen LogP contribution in [0.1, 0.15) is 37.8 Å². The zero-order chi connectivity index (χ0) is 12.3. The zero-order valence-corrected chi connectivity index (χ0v) is 10.1. The van der Waals surface area contributed by atoms with Gasteiger partial charge in [0.2, 0.25) is 0 Å². The molecule has 1 aromatic heterocycles. The lowest BCUT2D eigenvalue weighted by molar-refractivity contribution is 0.767. The number of nitriles is 1. The highest BCUT2D eigenvalue weighted by Gasteiger charge is 2.29. The second-order valence-electron chi connectivity index (χ2n) is 4.57. The lowest BCUT2D eigenvalue weighted by atomic mass is 10.1. The fourth-order valence-electron chi connectivity index (χ4n) is 1.92. The summed E-state index contributed by atoms with van der Waals surface area (Å²) < 4.78 is 0. The molecule has 0 bridgehead atoms. The van der Waals surface area contributed by atoms with Gasteiger partial charge in [-0.05, 0) is 37.5 Å². The van der Waals surface area contributed by atoms with E-state index in [0.717, 1.165) is 17.9 Å². The SMILES string of the molecule is C[C@@H](N)c1ccnc(N(CCC#N)C2CC2)c1. The van der Waals surface area contributed by atoms with Crippen LogP contribution < -0.4 is 10.6 Å². The maximum Gasteiger partial charge on any atom is 0.129 e. The lowest BCUT2D eigenvalue weighted by Crippen LogP contribution is -2.27. The molecule has 0 saturated heterocycles. The predicted molar refractivity (Wildman–Crippen MR) is 67.4 cm³/mol. The molecular weight excluding hydrogens is 212 g/mol. The van der Waals surface area contributed by atoms with Crippen LogP contribution >= 0.6 is 0 Å². The molecule has 0 aromatic carbocycles. The van der Waals surface area contributed by atoms with Crippen LogP contribution in [0.5, 0.6) is 0 Å². The van der Waals surface area contributed by atoms with Gasteiger partial charge in [-0.2, -0.15) is 5.26 Å². The Labute approximate surface area is 102 Å². The summed E-state index contributed by atoms with van der Waals surface area (Å²) in [5.41, 5.74) is 6.97. The van der Waals surface area contributed by atoms with Gasteiger partial charge < -0.3 is 10.6 Å². The molecule has 1 aliphatic rings. The van der Waals surface area contributed by atoms with Gasteiger partial charge in [0, 0.05) is 24.8 Å². The first kappa shape index (κ1) is 11.9. The van der Waals surface area contributed by atoms with Crippen LogP contribution in [0.2, 0.25) is 0 Å². The topological polar surface area (TPSA) is 65.9 Å². The van der Waals surface area contributed by atoms with E-state index in [1.165, 1.54) is 12.8 Å². The Morgan fingerprint density at radius 2 is 2.41 bits per heavy atom. The van der Waals surface area contributed by atoms with Gasteiger partial charge in [-0.3, -0.25) is 0 Å². The average molecular weight is 230 g/mol. The number of rotatable bonds is 5. The second-order valence-corrected chi connectivity index (χ2v) is 4.57. The smallest absolute Gasteiger partial charge is 0.129 e. The molecule has 90 valence electrons. The lowest BCUT2D eigenvalue weighted by Gasteiger charge is -2.23. The molecule has 1 saturated carbocycles. The summed E-state index contributed by atoms with van der Waals surface area (Å²) in [7, 11) is 0. The first-order valence-electron chi connectivity index (χ1n) is 6.07. The molecular formula is C13H18N4. The van der Waals surface area contributed by atoms with Crippen molar-refractivity contribution in [2.24, 2.45) is 5.73 Å². The van der Waals surface area contributed by atoms with Crippen molar-refractivity contribution in [2.75, 3.05) is 11.4 Å². The number of nitrogens with zero attached hydrogens (tertiary/aromatic N) is 3. The minimum atomic E-state index is 0.0220. The Hall–Kier alpha value is -1.60. The van der Waals surface area contributed by atoms with Crippen molar-refractivity contribution in [1.82, 2.24) is 4.98 Å². The number of aromatic nitrogens is 1. The van der Waals surface area contributed by atoms with Gasteiger partial charge in [-0.25, -0.2) is 4.98 Å². The molecule has 0 spiro atoms. The first-order valence-corrected chi connectivity index (χ1v) is 6.07. The number of pyridine rings is 1. The van der Waals surface area contributed by atoms with Crippen LogP contribution in [0.25, 0.3) is 0 Å². The molecule has 1 aromatic rings. The maximum absolute atomic E-state index is 8.69. The van der Waals surface area contributed by atoms with E-state index in [-0.39, 0.29) is 6.04 Å². The molecule has 2 rings (SSSR count). The summed E-state index contributed by atoms with van der Waals surface area (Å²) in [6.45, 7) is 2.73. The van der Waals surface area contributed by atoms with E-state index < -0.39 is 0 Å². The van der Waals surface area contributed by atoms with Crippen LogP contribution in [-0.2, 0) is 0 Å². The first-order chi connectivity index (χ1) is 8.22. The third-order valence-electron chi connectivity index (χ3n) is 3.04. The van der Waals surface area contributed by atoms with Crippen molar-refractivity contribution >= 4 is 5.82 Å². The van der Waals surface area contributed by atoms with Crippen LogP contribution in [0.15, 0.2) is 18.3 Å². The van der Waals surface area contributed by atoms with E-state index in [2.05, 4.69) is 16.0 Å². The number of hydrogen-bond donors (Lipinski definition) is 1. The standard InChI is InChI=1S/C13H18N4/c1-10(15)11-5-7-16-13(9-11)17(8-2-6-14)12-3-4-12/h5,7,9-10,12H,2-4,8,15H2,1H3/t10-/m1/s1. The van der Waals surface area contributed by atoms with Crippen molar-refractivity contribution in [2.45, 2.75) is 38.3 Å². The monoisotopic (exact) mass is 230 g/mol. The summed E-state index contributed by atoms with van der Waals surface area (Å²) in [4.78, 5) is 6.63. The molecule has 4 heteroatoms. The van der Waals surface area contributed by atoms with E-state index in [0.29, 0.717) is 12.5 Å². The van der Waals surface area contributed by atoms with Crippen molar-refractivity contribution in [3.8, 4) is 6.07 Å². The molecule has 1 atom stereocenters. The minimum Gasteiger partial charge on any atom is -0.353 e. The van der Waals surface area contributed by atoms with Gasteiger partial charge in [-0.1, -0.05) is 0 Å². The molecule has 0 radical (unpaired) electrons. The van der Waals surface area contributed by atoms with Crippen molar-refractivity contribution in [1.29, 1.82) is 5.26 Å². The van der Waals surface area contributed by atoms with Crippen molar-refractivity contribution in [3.63, 3.8) is 0 Å². The Morgan fingerprint density at radius 1 is 1.65 bits per heavy atom. The second kappa shape index (κ2) is 5.15. The van der Waals surface area contributed by atoms with Crippen LogP contribution in [0, 0.1) is 11.3 Å². The fraction of sp³-hybridized carbons (Fsp3) is 0.538. The maximum atomic E-state index is 8.69. The summed E-state index contributed by atoms with van der Waals surface area (Å²) in [6.07, 6.45) is 4.75. The highest BCUT2D eigenvalue weighted by atomic mass is 15.2. The molecule has 4 nitrogen and oxygen atoms in total. The number of nitrogens with two attached hydrogens (primary N) is 1. The number of hydrogen-bond acceptors (Lipinski definition) is 4. The van der Waals surface area contributed by atoms with E-state index in [1.807, 2.05) is 19.1 Å². The summed E-state index contributed by atoms with van der Waals surface area (Å²) in [5, 5.41) is 8.69. The van der Waals surface area contributed by atoms with Gasteiger partial charge in [0.25, 0.3) is 0 Å². The van der Waals surface area contributed by atoms with Gasteiger partial charge in [0.1, 0.15) is 5.82 Å². The molecule has 1 fully saturated rings. The largest absolute Gasteiger partial charge is 0.353 e. The van der Waals surface area contributed by atoms with Crippen LogP contribution in [-0.4, -0.2) is 17.6 Å². The summed E-state index contributed by atoms with van der Waals surface area (Å²) in [5.74, 6) is 0.956. The predicted octanol–water partition coefficient (Wildman–Crippen LogP) is 1.98. The zero-order valence-electron chi connectivity index (χ0n) is 10.1. The third-order valence-corrected chi connectivity index (χ3v) is 3.04. The fourth-order valence-corrected chi connectivity index (χ4v) is 1.92. The Morgan fingerprint density at radius 3 is 3.00 bits per heavy atom. The Balaban J connectivity index is 2.17. The normalized spacial score (nSPS) is 16.3. The van der Waals surface area contributed by atoms with Gasteiger partial charge in [0.15, 0.2) is 0 Å². The van der Waals surface area contributed by atoms with Crippen molar-refractivity contribution < 1.29 is 0 Å². The average Bonchev–Trinajstić information content (AvgIpc) is 3.14. The van der Waals surface area contributed by atoms with E-state index >= 15 is 0 Å². The molecule has 1 heterocycles.